The molecule has 1 aromatic carbocycles. The molecule has 3 amide bonds. The number of carbonyl (C=O) groups is 2. The number of nitrogens with one attached hydrogen (secondary N) is 2. The summed E-state index contributed by atoms with van der Waals surface area (Å²) in [6.07, 6.45) is -0.408. The number of fused-ring (bicyclic) bond motifs is 1. The highest BCUT2D eigenvalue weighted by atomic mass is 19.1. The van der Waals surface area contributed by atoms with Gasteiger partial charge < -0.3 is 25.0 Å². The summed E-state index contributed by atoms with van der Waals surface area (Å²) in [5.74, 6) is 0.469. The molecule has 0 spiro atoms. The molecule has 2 N–H and O–H groups in total. The SMILES string of the molecule is CCNC(=O)Nc1ccc(-c2nc3c(c(N4CCOCC4C)n2)CN(C(=O)OCC)C3)cc1F. The highest BCUT2D eigenvalue weighted by molar-refractivity contribution is 5.89. The van der Waals surface area contributed by atoms with E-state index >= 15 is 0 Å². The van der Waals surface area contributed by atoms with Gasteiger partial charge in [0.2, 0.25) is 0 Å². The van der Waals surface area contributed by atoms with Gasteiger partial charge in [0.1, 0.15) is 11.6 Å². The predicted molar refractivity (Wildman–Crippen MR) is 124 cm³/mol. The summed E-state index contributed by atoms with van der Waals surface area (Å²) in [6.45, 7) is 8.71. The van der Waals surface area contributed by atoms with Crippen LogP contribution in [-0.4, -0.2) is 65.9 Å². The largest absolute Gasteiger partial charge is 0.450 e. The smallest absolute Gasteiger partial charge is 0.410 e. The minimum atomic E-state index is -0.595. The third kappa shape index (κ3) is 4.89. The van der Waals surface area contributed by atoms with Crippen LogP contribution >= 0.6 is 0 Å². The van der Waals surface area contributed by atoms with Crippen molar-refractivity contribution in [1.29, 1.82) is 0 Å². The molecule has 34 heavy (non-hydrogen) atoms. The highest BCUT2D eigenvalue weighted by Gasteiger charge is 2.33. The molecule has 4 rings (SSSR count). The van der Waals surface area contributed by atoms with E-state index in [1.165, 1.54) is 12.1 Å². The van der Waals surface area contributed by atoms with Crippen LogP contribution in [0.25, 0.3) is 11.4 Å². The number of benzene rings is 1. The fourth-order valence-corrected chi connectivity index (χ4v) is 4.07. The Hall–Kier alpha value is -3.47. The summed E-state index contributed by atoms with van der Waals surface area (Å²) in [7, 11) is 0. The molecule has 0 radical (unpaired) electrons. The molecule has 1 saturated heterocycles. The lowest BCUT2D eigenvalue weighted by atomic mass is 10.1. The monoisotopic (exact) mass is 472 g/mol. The summed E-state index contributed by atoms with van der Waals surface area (Å²) in [6, 6.07) is 4.05. The summed E-state index contributed by atoms with van der Waals surface area (Å²) in [5, 5.41) is 5.05. The van der Waals surface area contributed by atoms with Gasteiger partial charge >= 0.3 is 12.1 Å². The molecular formula is C23H29FN6O4. The first-order chi connectivity index (χ1) is 16.4. The van der Waals surface area contributed by atoms with E-state index in [-0.39, 0.29) is 24.9 Å². The average molecular weight is 473 g/mol. The van der Waals surface area contributed by atoms with Crippen molar-refractivity contribution in [1.82, 2.24) is 20.2 Å². The maximum atomic E-state index is 14.8. The minimum absolute atomic E-state index is 0.0615. The summed E-state index contributed by atoms with van der Waals surface area (Å²) >= 11 is 0. The second-order valence-electron chi connectivity index (χ2n) is 8.15. The van der Waals surface area contributed by atoms with Gasteiger partial charge in [-0.3, -0.25) is 4.90 Å². The first kappa shape index (κ1) is 23.7. The maximum absolute atomic E-state index is 14.8. The molecule has 11 heteroatoms. The minimum Gasteiger partial charge on any atom is -0.450 e. The number of morpholine rings is 1. The molecule has 1 unspecified atom stereocenters. The Morgan fingerprint density at radius 2 is 2.09 bits per heavy atom. The van der Waals surface area contributed by atoms with Gasteiger partial charge in [0.15, 0.2) is 5.82 Å². The third-order valence-electron chi connectivity index (χ3n) is 5.74. The number of carbonyl (C=O) groups excluding carboxylic acids is 2. The first-order valence-electron chi connectivity index (χ1n) is 11.4. The van der Waals surface area contributed by atoms with E-state index in [1.54, 1.807) is 24.8 Å². The molecule has 0 saturated carbocycles. The number of hydrogen-bond donors (Lipinski definition) is 2. The molecule has 1 fully saturated rings. The fraction of sp³-hybridized carbons (Fsp3) is 0.478. The van der Waals surface area contributed by atoms with Crippen molar-refractivity contribution >= 4 is 23.6 Å². The predicted octanol–water partition coefficient (Wildman–Crippen LogP) is 3.12. The van der Waals surface area contributed by atoms with Crippen molar-refractivity contribution in [3.05, 3.63) is 35.3 Å². The van der Waals surface area contributed by atoms with Gasteiger partial charge in [-0.15, -0.1) is 0 Å². The van der Waals surface area contributed by atoms with Gasteiger partial charge in [0, 0.05) is 24.2 Å². The van der Waals surface area contributed by atoms with Gasteiger partial charge in [-0.2, -0.15) is 0 Å². The second kappa shape index (κ2) is 10.2. The van der Waals surface area contributed by atoms with Crippen LogP contribution < -0.4 is 15.5 Å². The van der Waals surface area contributed by atoms with E-state index < -0.39 is 17.9 Å². The van der Waals surface area contributed by atoms with Gasteiger partial charge in [0.25, 0.3) is 0 Å². The molecule has 1 atom stereocenters. The Balaban J connectivity index is 1.70. The van der Waals surface area contributed by atoms with E-state index in [1.807, 2.05) is 6.92 Å². The van der Waals surface area contributed by atoms with Crippen molar-refractivity contribution in [2.24, 2.45) is 0 Å². The van der Waals surface area contributed by atoms with Crippen molar-refractivity contribution in [3.8, 4) is 11.4 Å². The van der Waals surface area contributed by atoms with E-state index in [9.17, 15) is 14.0 Å². The summed E-state index contributed by atoms with van der Waals surface area (Å²) in [5.41, 5.74) is 2.10. The van der Waals surface area contributed by atoms with Crippen LogP contribution in [-0.2, 0) is 22.6 Å². The van der Waals surface area contributed by atoms with Gasteiger partial charge in [-0.05, 0) is 39.0 Å². The highest BCUT2D eigenvalue weighted by Crippen LogP contribution is 2.34. The summed E-state index contributed by atoms with van der Waals surface area (Å²) < 4.78 is 25.5. The number of aromatic nitrogens is 2. The molecule has 0 aliphatic carbocycles. The van der Waals surface area contributed by atoms with Crippen molar-refractivity contribution in [2.75, 3.05) is 43.1 Å². The zero-order valence-electron chi connectivity index (χ0n) is 19.6. The van der Waals surface area contributed by atoms with E-state index in [0.29, 0.717) is 55.7 Å². The van der Waals surface area contributed by atoms with Gasteiger partial charge in [-0.25, -0.2) is 23.9 Å². The number of halogens is 1. The number of amides is 3. The average Bonchev–Trinajstić information content (AvgIpc) is 3.25. The first-order valence-corrected chi connectivity index (χ1v) is 11.4. The van der Waals surface area contributed by atoms with Crippen molar-refractivity contribution < 1.29 is 23.5 Å². The lowest BCUT2D eigenvalue weighted by Gasteiger charge is -2.35. The number of rotatable bonds is 5. The lowest BCUT2D eigenvalue weighted by Crippen LogP contribution is -2.44. The Morgan fingerprint density at radius 1 is 1.26 bits per heavy atom. The Bertz CT molecular complexity index is 1080. The van der Waals surface area contributed by atoms with Crippen LogP contribution in [0.15, 0.2) is 18.2 Å². The number of ether oxygens (including phenoxy) is 2. The number of hydrogen-bond acceptors (Lipinski definition) is 7. The van der Waals surface area contributed by atoms with Crippen LogP contribution in [0.1, 0.15) is 32.0 Å². The molecule has 10 nitrogen and oxygen atoms in total. The van der Waals surface area contributed by atoms with Crippen molar-refractivity contribution in [3.63, 3.8) is 0 Å². The molecular weight excluding hydrogens is 443 g/mol. The number of nitrogens with zero attached hydrogens (tertiary/aromatic N) is 4. The fourth-order valence-electron chi connectivity index (χ4n) is 4.07. The van der Waals surface area contributed by atoms with Gasteiger partial charge in [0.05, 0.1) is 50.3 Å². The van der Waals surface area contributed by atoms with E-state index in [0.717, 1.165) is 5.56 Å². The zero-order valence-corrected chi connectivity index (χ0v) is 19.6. The Morgan fingerprint density at radius 3 is 2.79 bits per heavy atom. The Kier molecular flexibility index (Phi) is 7.11. The van der Waals surface area contributed by atoms with E-state index in [4.69, 9.17) is 14.5 Å². The maximum Gasteiger partial charge on any atom is 0.410 e. The van der Waals surface area contributed by atoms with Crippen LogP contribution in [0.2, 0.25) is 0 Å². The number of anilines is 2. The van der Waals surface area contributed by atoms with Crippen LogP contribution in [0.4, 0.5) is 25.5 Å². The van der Waals surface area contributed by atoms with Crippen LogP contribution in [0, 0.1) is 5.82 Å². The molecule has 2 aliphatic heterocycles. The van der Waals surface area contributed by atoms with Gasteiger partial charge in [-0.1, -0.05) is 0 Å². The van der Waals surface area contributed by atoms with Crippen molar-refractivity contribution in [2.45, 2.75) is 39.9 Å². The van der Waals surface area contributed by atoms with Crippen LogP contribution in [0.3, 0.4) is 0 Å². The zero-order chi connectivity index (χ0) is 24.2. The lowest BCUT2D eigenvalue weighted by molar-refractivity contribution is 0.0980. The molecule has 3 heterocycles. The van der Waals surface area contributed by atoms with Crippen LogP contribution in [0.5, 0.6) is 0 Å². The summed E-state index contributed by atoms with van der Waals surface area (Å²) in [4.78, 5) is 37.3. The molecule has 0 bridgehead atoms. The van der Waals surface area contributed by atoms with E-state index in [2.05, 4.69) is 20.5 Å². The quantitative estimate of drug-likeness (QED) is 0.688. The standard InChI is InChI=1S/C23H29FN6O4/c1-4-25-22(31)27-18-7-6-15(10-17(18)24)20-26-19-12-29(23(32)34-5-2)11-16(19)21(28-20)30-8-9-33-13-14(30)3/h6-7,10,14H,4-5,8-9,11-13H2,1-3H3,(H2,25,27,31). The molecule has 2 aliphatic rings. The third-order valence-corrected chi connectivity index (χ3v) is 5.74. The molecule has 2 aromatic rings. The number of urea groups is 1. The molecule has 182 valence electrons. The topological polar surface area (TPSA) is 109 Å². The molecule has 1 aromatic heterocycles. The normalized spacial score (nSPS) is 17.4. The Labute approximate surface area is 197 Å². The second-order valence-corrected chi connectivity index (χ2v) is 8.15.